The van der Waals surface area contributed by atoms with E-state index >= 15 is 0 Å². The Morgan fingerprint density at radius 2 is 1.30 bits per heavy atom. The molecule has 1 aliphatic carbocycles. The Kier molecular flexibility index (Phi) is 11.8. The molecule has 4 heteroatoms. The average Bonchev–Trinajstić information content (AvgIpc) is 2.91. The third-order valence-corrected chi connectivity index (χ3v) is 5.73. The van der Waals surface area contributed by atoms with Crippen LogP contribution in [-0.4, -0.2) is 17.6 Å². The Bertz CT molecular complexity index is 876. The summed E-state index contributed by atoms with van der Waals surface area (Å²) >= 11 is 0. The molecule has 176 valence electrons. The SMILES string of the molecule is CC.NCC(=O)NC(c1ccc(O)cc1)c1ccc(C2CCCCC2)cc1.c1ccccc1. The highest BCUT2D eigenvalue weighted by Gasteiger charge is 2.19. The van der Waals surface area contributed by atoms with Crippen molar-refractivity contribution >= 4 is 5.91 Å². The van der Waals surface area contributed by atoms with E-state index in [1.165, 1.54) is 37.7 Å². The number of amides is 1. The number of nitrogens with one attached hydrogen (secondary N) is 1. The summed E-state index contributed by atoms with van der Waals surface area (Å²) in [5, 5.41) is 12.5. The van der Waals surface area contributed by atoms with Crippen LogP contribution in [0, 0.1) is 0 Å². The third kappa shape index (κ3) is 8.74. The molecule has 0 bridgehead atoms. The summed E-state index contributed by atoms with van der Waals surface area (Å²) in [6, 6.07) is 27.2. The van der Waals surface area contributed by atoms with Crippen LogP contribution in [0.1, 0.15) is 74.6 Å². The molecule has 0 aromatic heterocycles. The van der Waals surface area contributed by atoms with Gasteiger partial charge in [0.05, 0.1) is 12.6 Å². The first-order valence-electron chi connectivity index (χ1n) is 12.1. The Morgan fingerprint density at radius 1 is 0.848 bits per heavy atom. The van der Waals surface area contributed by atoms with Gasteiger partial charge in [0.15, 0.2) is 0 Å². The molecule has 1 amide bonds. The average molecular weight is 447 g/mol. The van der Waals surface area contributed by atoms with Gasteiger partial charge in [-0.3, -0.25) is 4.79 Å². The summed E-state index contributed by atoms with van der Waals surface area (Å²) in [6.45, 7) is 3.95. The maximum Gasteiger partial charge on any atom is 0.234 e. The van der Waals surface area contributed by atoms with Crippen molar-refractivity contribution < 1.29 is 9.90 Å². The number of carbonyl (C=O) groups is 1. The minimum Gasteiger partial charge on any atom is -0.508 e. The first-order chi connectivity index (χ1) is 16.2. The van der Waals surface area contributed by atoms with Gasteiger partial charge in [-0.05, 0) is 47.6 Å². The number of carbonyl (C=O) groups excluding carboxylic acids is 1. The summed E-state index contributed by atoms with van der Waals surface area (Å²) in [6.07, 6.45) is 6.52. The minimum atomic E-state index is -0.267. The maximum atomic E-state index is 11.9. The van der Waals surface area contributed by atoms with Gasteiger partial charge in [0.25, 0.3) is 0 Å². The van der Waals surface area contributed by atoms with Crippen LogP contribution in [0.2, 0.25) is 0 Å². The van der Waals surface area contributed by atoms with Crippen LogP contribution in [-0.2, 0) is 4.79 Å². The smallest absolute Gasteiger partial charge is 0.234 e. The fraction of sp³-hybridized carbons (Fsp3) is 0.345. The molecular weight excluding hydrogens is 408 g/mol. The molecule has 1 unspecified atom stereocenters. The zero-order chi connectivity index (χ0) is 23.9. The second kappa shape index (κ2) is 14.9. The van der Waals surface area contributed by atoms with Crippen LogP contribution >= 0.6 is 0 Å². The van der Waals surface area contributed by atoms with Gasteiger partial charge in [0, 0.05) is 0 Å². The van der Waals surface area contributed by atoms with Crippen LogP contribution in [0.4, 0.5) is 0 Å². The largest absolute Gasteiger partial charge is 0.508 e. The zero-order valence-corrected chi connectivity index (χ0v) is 19.9. The number of phenolic OH excluding ortho intramolecular Hbond substituents is 1. The van der Waals surface area contributed by atoms with Crippen molar-refractivity contribution in [3.8, 4) is 5.75 Å². The fourth-order valence-electron chi connectivity index (χ4n) is 4.03. The molecular formula is C29H38N2O2. The third-order valence-electron chi connectivity index (χ3n) is 5.73. The number of hydrogen-bond acceptors (Lipinski definition) is 3. The first kappa shape index (κ1) is 26.1. The number of phenols is 1. The predicted octanol–water partition coefficient (Wildman–Crippen LogP) is 6.32. The van der Waals surface area contributed by atoms with Gasteiger partial charge in [-0.1, -0.05) is 106 Å². The molecule has 0 aliphatic heterocycles. The molecule has 0 radical (unpaired) electrons. The summed E-state index contributed by atoms with van der Waals surface area (Å²) in [4.78, 5) is 11.9. The van der Waals surface area contributed by atoms with E-state index in [9.17, 15) is 9.90 Å². The van der Waals surface area contributed by atoms with Gasteiger partial charge in [-0.25, -0.2) is 0 Å². The molecule has 1 aliphatic rings. The molecule has 4 N–H and O–H groups in total. The van der Waals surface area contributed by atoms with E-state index in [1.54, 1.807) is 12.1 Å². The predicted molar refractivity (Wildman–Crippen MR) is 137 cm³/mol. The number of benzene rings is 3. The van der Waals surface area contributed by atoms with Gasteiger partial charge in [-0.15, -0.1) is 0 Å². The van der Waals surface area contributed by atoms with E-state index in [0.717, 1.165) is 11.1 Å². The molecule has 0 spiro atoms. The van der Waals surface area contributed by atoms with Crippen molar-refractivity contribution in [2.75, 3.05) is 6.54 Å². The van der Waals surface area contributed by atoms with Crippen molar-refractivity contribution in [2.45, 2.75) is 57.9 Å². The van der Waals surface area contributed by atoms with E-state index in [-0.39, 0.29) is 24.2 Å². The molecule has 1 atom stereocenters. The van der Waals surface area contributed by atoms with E-state index in [0.29, 0.717) is 5.92 Å². The van der Waals surface area contributed by atoms with Crippen LogP contribution in [0.5, 0.6) is 5.75 Å². The minimum absolute atomic E-state index is 0.0469. The topological polar surface area (TPSA) is 75.4 Å². The van der Waals surface area contributed by atoms with Gasteiger partial charge in [0.2, 0.25) is 5.91 Å². The molecule has 4 nitrogen and oxygen atoms in total. The molecule has 0 saturated heterocycles. The Balaban J connectivity index is 0.000000411. The monoisotopic (exact) mass is 446 g/mol. The Morgan fingerprint density at radius 3 is 1.76 bits per heavy atom. The van der Waals surface area contributed by atoms with Crippen LogP contribution in [0.25, 0.3) is 0 Å². The maximum absolute atomic E-state index is 11.9. The lowest BCUT2D eigenvalue weighted by molar-refractivity contribution is -0.120. The number of hydrogen-bond donors (Lipinski definition) is 3. The van der Waals surface area contributed by atoms with Crippen molar-refractivity contribution in [1.29, 1.82) is 0 Å². The fourth-order valence-corrected chi connectivity index (χ4v) is 4.03. The molecule has 3 aromatic carbocycles. The number of aromatic hydroxyl groups is 1. The van der Waals surface area contributed by atoms with E-state index in [1.807, 2.05) is 62.4 Å². The quantitative estimate of drug-likeness (QED) is 0.429. The lowest BCUT2D eigenvalue weighted by Gasteiger charge is -2.24. The first-order valence-corrected chi connectivity index (χ1v) is 12.1. The van der Waals surface area contributed by atoms with Crippen molar-refractivity contribution in [3.63, 3.8) is 0 Å². The molecule has 1 fully saturated rings. The lowest BCUT2D eigenvalue weighted by Crippen LogP contribution is -2.34. The second-order valence-electron chi connectivity index (χ2n) is 7.95. The van der Waals surface area contributed by atoms with Gasteiger partial charge < -0.3 is 16.2 Å². The molecule has 33 heavy (non-hydrogen) atoms. The number of nitrogens with two attached hydrogens (primary N) is 1. The zero-order valence-electron chi connectivity index (χ0n) is 19.9. The van der Waals surface area contributed by atoms with Crippen LogP contribution in [0.3, 0.4) is 0 Å². The van der Waals surface area contributed by atoms with Crippen molar-refractivity contribution in [3.05, 3.63) is 102 Å². The van der Waals surface area contributed by atoms with Crippen LogP contribution in [0.15, 0.2) is 84.9 Å². The molecule has 3 aromatic rings. The normalized spacial score (nSPS) is 14.0. The molecule has 1 saturated carbocycles. The molecule has 0 heterocycles. The van der Waals surface area contributed by atoms with E-state index in [2.05, 4.69) is 29.6 Å². The highest BCUT2D eigenvalue weighted by atomic mass is 16.3. The summed E-state index contributed by atoms with van der Waals surface area (Å²) in [5.41, 5.74) is 8.80. The molecule has 4 rings (SSSR count). The second-order valence-corrected chi connectivity index (χ2v) is 7.95. The highest BCUT2D eigenvalue weighted by Crippen LogP contribution is 2.33. The van der Waals surface area contributed by atoms with Crippen molar-refractivity contribution in [1.82, 2.24) is 5.32 Å². The standard InChI is InChI=1S/C21H26N2O2.C6H6.C2H6/c22-14-20(25)23-21(18-10-12-19(24)13-11-18)17-8-6-16(7-9-17)15-4-2-1-3-5-15;1-2-4-6-5-3-1;1-2/h6-13,15,21,24H,1-5,14,22H2,(H,23,25);1-6H;1-2H3. The van der Waals surface area contributed by atoms with Gasteiger partial charge in [-0.2, -0.15) is 0 Å². The summed E-state index contributed by atoms with van der Waals surface area (Å²) < 4.78 is 0. The lowest BCUT2D eigenvalue weighted by atomic mass is 9.83. The van der Waals surface area contributed by atoms with Crippen LogP contribution < -0.4 is 11.1 Å². The summed E-state index contributed by atoms with van der Waals surface area (Å²) in [7, 11) is 0. The Labute approximate surface area is 198 Å². The highest BCUT2D eigenvalue weighted by molar-refractivity contribution is 5.78. The Hall–Kier alpha value is -3.11. The van der Waals surface area contributed by atoms with E-state index in [4.69, 9.17) is 5.73 Å². The van der Waals surface area contributed by atoms with E-state index < -0.39 is 0 Å². The summed E-state index contributed by atoms with van der Waals surface area (Å²) in [5.74, 6) is 0.670. The van der Waals surface area contributed by atoms with Crippen molar-refractivity contribution in [2.24, 2.45) is 5.73 Å². The van der Waals surface area contributed by atoms with Gasteiger partial charge >= 0.3 is 0 Å². The van der Waals surface area contributed by atoms with Gasteiger partial charge in [0.1, 0.15) is 5.75 Å². The number of rotatable bonds is 5.